The number of esters is 1. The third-order valence-corrected chi connectivity index (χ3v) is 7.74. The summed E-state index contributed by atoms with van der Waals surface area (Å²) in [5, 5.41) is -0.571. The number of rotatable bonds is 4. The third kappa shape index (κ3) is 4.02. The Morgan fingerprint density at radius 1 is 0.750 bits per heavy atom. The number of fused-ring (bicyclic) bond motifs is 1. The Balaban J connectivity index is 1.32. The summed E-state index contributed by atoms with van der Waals surface area (Å²) >= 11 is 24.4. The van der Waals surface area contributed by atoms with Crippen LogP contribution in [-0.2, 0) is 9.59 Å². The summed E-state index contributed by atoms with van der Waals surface area (Å²) in [6.45, 7) is 0.210. The first-order valence-corrected chi connectivity index (χ1v) is 12.1. The van der Waals surface area contributed by atoms with Crippen molar-refractivity contribution in [3.63, 3.8) is 0 Å². The molecule has 3 amide bonds. The van der Waals surface area contributed by atoms with Crippen molar-refractivity contribution < 1.29 is 23.9 Å². The highest BCUT2D eigenvalue weighted by Gasteiger charge is 2.42. The first-order valence-electron chi connectivity index (χ1n) is 10.6. The molecule has 0 unspecified atom stereocenters. The number of nitrogens with zero attached hydrogens (tertiary/aromatic N) is 2. The van der Waals surface area contributed by atoms with Crippen LogP contribution in [0.3, 0.4) is 0 Å². The van der Waals surface area contributed by atoms with E-state index in [-0.39, 0.29) is 61.5 Å². The summed E-state index contributed by atoms with van der Waals surface area (Å²) in [5.74, 6) is -2.59. The highest BCUT2D eigenvalue weighted by atomic mass is 35.5. The molecule has 0 aromatic heterocycles. The van der Waals surface area contributed by atoms with Gasteiger partial charge in [-0.1, -0.05) is 64.6 Å². The maximum atomic E-state index is 13.0. The molecule has 1 atom stereocenters. The van der Waals surface area contributed by atoms with Crippen LogP contribution < -0.4 is 14.5 Å². The predicted molar refractivity (Wildman–Crippen MR) is 137 cm³/mol. The van der Waals surface area contributed by atoms with Crippen molar-refractivity contribution in [3.05, 3.63) is 85.8 Å². The number of amides is 3. The maximum absolute atomic E-state index is 13.0. The van der Waals surface area contributed by atoms with E-state index in [0.717, 1.165) is 4.90 Å². The first-order chi connectivity index (χ1) is 17.2. The van der Waals surface area contributed by atoms with E-state index in [1.807, 2.05) is 18.2 Å². The molecule has 0 spiro atoms. The Morgan fingerprint density at radius 3 is 1.86 bits per heavy atom. The summed E-state index contributed by atoms with van der Waals surface area (Å²) in [7, 11) is 0. The highest BCUT2D eigenvalue weighted by molar-refractivity contribution is 6.56. The number of imide groups is 1. The average Bonchev–Trinajstić information content (AvgIpc) is 3.39. The molecule has 3 aromatic carbocycles. The summed E-state index contributed by atoms with van der Waals surface area (Å²) in [5.41, 5.74) is 0.647. The molecular weight excluding hydrogens is 550 g/mol. The molecule has 0 aliphatic carbocycles. The molecule has 2 heterocycles. The fourth-order valence-electron chi connectivity index (χ4n) is 4.17. The maximum Gasteiger partial charge on any atom is 0.316 e. The Bertz CT molecular complexity index is 1400. The number of carbonyl (C=O) groups is 4. The van der Waals surface area contributed by atoms with E-state index in [1.165, 1.54) is 24.3 Å². The zero-order valence-corrected chi connectivity index (χ0v) is 21.2. The van der Waals surface area contributed by atoms with Crippen LogP contribution in [0.1, 0.15) is 27.1 Å². The van der Waals surface area contributed by atoms with Crippen LogP contribution in [0.2, 0.25) is 20.1 Å². The van der Waals surface area contributed by atoms with Crippen LogP contribution in [0.4, 0.5) is 11.4 Å². The van der Waals surface area contributed by atoms with Crippen LogP contribution in [0, 0.1) is 5.92 Å². The minimum absolute atomic E-state index is 0.0352. The van der Waals surface area contributed by atoms with Gasteiger partial charge in [0.15, 0.2) is 0 Å². The van der Waals surface area contributed by atoms with Gasteiger partial charge in [0.05, 0.1) is 42.8 Å². The molecule has 1 saturated heterocycles. The molecular formula is C25H14Cl4N2O5. The van der Waals surface area contributed by atoms with Gasteiger partial charge in [0.25, 0.3) is 11.8 Å². The topological polar surface area (TPSA) is 84.0 Å². The lowest BCUT2D eigenvalue weighted by molar-refractivity contribution is -0.139. The van der Waals surface area contributed by atoms with Gasteiger partial charge in [-0.05, 0) is 36.4 Å². The van der Waals surface area contributed by atoms with Crippen LogP contribution in [0.25, 0.3) is 0 Å². The molecule has 2 aliphatic heterocycles. The first kappa shape index (κ1) is 24.6. The minimum Gasteiger partial charge on any atom is -0.426 e. The van der Waals surface area contributed by atoms with Gasteiger partial charge < -0.3 is 9.64 Å². The van der Waals surface area contributed by atoms with Gasteiger partial charge in [-0.2, -0.15) is 0 Å². The van der Waals surface area contributed by atoms with E-state index in [9.17, 15) is 19.2 Å². The number of halogens is 4. The second-order valence-electron chi connectivity index (χ2n) is 8.11. The molecule has 0 radical (unpaired) electrons. The van der Waals surface area contributed by atoms with E-state index in [0.29, 0.717) is 5.69 Å². The van der Waals surface area contributed by atoms with Crippen LogP contribution in [0.5, 0.6) is 5.75 Å². The number of hydrogen-bond acceptors (Lipinski definition) is 5. The summed E-state index contributed by atoms with van der Waals surface area (Å²) < 4.78 is 5.45. The second-order valence-corrected chi connectivity index (χ2v) is 9.62. The number of ether oxygens (including phenoxy) is 1. The van der Waals surface area contributed by atoms with Crippen molar-refractivity contribution in [2.45, 2.75) is 6.42 Å². The molecule has 36 heavy (non-hydrogen) atoms. The van der Waals surface area contributed by atoms with Crippen molar-refractivity contribution in [2.24, 2.45) is 5.92 Å². The molecule has 2 aliphatic rings. The molecule has 0 bridgehead atoms. The van der Waals surface area contributed by atoms with Crippen molar-refractivity contribution in [3.8, 4) is 5.75 Å². The number of benzene rings is 3. The molecule has 0 N–H and O–H groups in total. The molecule has 7 nitrogen and oxygen atoms in total. The van der Waals surface area contributed by atoms with Gasteiger partial charge >= 0.3 is 5.97 Å². The molecule has 182 valence electrons. The fourth-order valence-corrected chi connectivity index (χ4v) is 5.18. The van der Waals surface area contributed by atoms with Crippen LogP contribution in [0.15, 0.2) is 54.6 Å². The molecule has 1 fully saturated rings. The van der Waals surface area contributed by atoms with E-state index in [1.54, 1.807) is 17.0 Å². The van der Waals surface area contributed by atoms with Gasteiger partial charge in [-0.15, -0.1) is 0 Å². The van der Waals surface area contributed by atoms with Crippen LogP contribution in [-0.4, -0.2) is 30.2 Å². The van der Waals surface area contributed by atoms with Gasteiger partial charge in [0.1, 0.15) is 5.75 Å². The van der Waals surface area contributed by atoms with Crippen molar-refractivity contribution in [1.29, 1.82) is 0 Å². The van der Waals surface area contributed by atoms with E-state index in [4.69, 9.17) is 51.1 Å². The van der Waals surface area contributed by atoms with Crippen molar-refractivity contribution in [1.82, 2.24) is 0 Å². The quantitative estimate of drug-likeness (QED) is 0.127. The van der Waals surface area contributed by atoms with E-state index < -0.39 is 23.7 Å². The predicted octanol–water partition coefficient (Wildman–Crippen LogP) is 6.06. The Hall–Kier alpha value is -3.10. The Morgan fingerprint density at radius 2 is 1.31 bits per heavy atom. The van der Waals surface area contributed by atoms with Crippen LogP contribution >= 0.6 is 46.4 Å². The lowest BCUT2D eigenvalue weighted by Crippen LogP contribution is -2.29. The van der Waals surface area contributed by atoms with E-state index in [2.05, 4.69) is 0 Å². The number of carbonyl (C=O) groups excluding carboxylic acids is 4. The number of para-hydroxylation sites is 1. The van der Waals surface area contributed by atoms with Gasteiger partial charge in [0, 0.05) is 18.7 Å². The number of anilines is 2. The molecule has 0 saturated carbocycles. The second kappa shape index (κ2) is 9.41. The van der Waals surface area contributed by atoms with Gasteiger partial charge in [0.2, 0.25) is 5.91 Å². The van der Waals surface area contributed by atoms with Gasteiger partial charge in [-0.3, -0.25) is 19.2 Å². The minimum atomic E-state index is -0.712. The average molecular weight is 564 g/mol. The lowest BCUT2D eigenvalue weighted by Gasteiger charge is -2.16. The zero-order valence-electron chi connectivity index (χ0n) is 18.1. The molecule has 11 heteroatoms. The summed E-state index contributed by atoms with van der Waals surface area (Å²) in [6, 6.07) is 14.8. The highest BCUT2D eigenvalue weighted by Crippen LogP contribution is 2.45. The van der Waals surface area contributed by atoms with Crippen molar-refractivity contribution in [2.75, 3.05) is 16.3 Å². The number of hydrogen-bond donors (Lipinski definition) is 0. The Labute approximate surface area is 225 Å². The summed E-state index contributed by atoms with van der Waals surface area (Å²) in [4.78, 5) is 53.5. The normalized spacial score (nSPS) is 17.1. The monoisotopic (exact) mass is 562 g/mol. The SMILES string of the molecule is O=C(Oc1ccc(N2C(=O)c3c(Cl)c(Cl)c(Cl)c(Cl)c3C2=O)cc1)[C@H]1CC(=O)N(c2ccccc2)C1. The Kier molecular flexibility index (Phi) is 6.43. The standard InChI is InChI=1S/C25H14Cl4N2O5/c26-19-17-18(20(27)22(29)21(19)28)24(34)31(23(17)33)14-6-8-15(9-7-14)36-25(35)12-10-16(32)30(11-12)13-4-2-1-3-5-13/h1-9,12H,10-11H2/t12-/m0/s1. The van der Waals surface area contributed by atoms with E-state index >= 15 is 0 Å². The lowest BCUT2D eigenvalue weighted by atomic mass is 10.1. The largest absolute Gasteiger partial charge is 0.426 e. The smallest absolute Gasteiger partial charge is 0.316 e. The molecule has 3 aromatic rings. The zero-order chi connectivity index (χ0) is 25.7. The fraction of sp³-hybridized carbons (Fsp3) is 0.120. The summed E-state index contributed by atoms with van der Waals surface area (Å²) in [6.07, 6.45) is 0.0352. The van der Waals surface area contributed by atoms with Crippen molar-refractivity contribution >= 4 is 81.5 Å². The molecule has 5 rings (SSSR count). The van der Waals surface area contributed by atoms with Gasteiger partial charge in [-0.25, -0.2) is 4.90 Å². The third-order valence-electron chi connectivity index (χ3n) is 5.94.